The molecule has 1 saturated carbocycles. The number of nitrogens with zero attached hydrogens (tertiary/aromatic N) is 2. The number of anilines is 1. The smallest absolute Gasteiger partial charge is 0.128 e. The Hall–Kier alpha value is -0.840. The molecular formula is C16H24ClN3O. The van der Waals surface area contributed by atoms with Crippen LogP contribution in [0.2, 0.25) is 5.02 Å². The van der Waals surface area contributed by atoms with Gasteiger partial charge in [-0.05, 0) is 44.2 Å². The predicted octanol–water partition coefficient (Wildman–Crippen LogP) is 2.99. The first-order valence-corrected chi connectivity index (χ1v) is 8.38. The van der Waals surface area contributed by atoms with Crippen molar-refractivity contribution >= 4 is 17.4 Å². The van der Waals surface area contributed by atoms with Gasteiger partial charge in [0.1, 0.15) is 5.82 Å². The second-order valence-electron chi connectivity index (χ2n) is 5.96. The molecule has 1 unspecified atom stereocenters. The van der Waals surface area contributed by atoms with Crippen molar-refractivity contribution in [1.29, 1.82) is 0 Å². The lowest BCUT2D eigenvalue weighted by molar-refractivity contribution is 0.115. The van der Waals surface area contributed by atoms with Gasteiger partial charge in [0.2, 0.25) is 0 Å². The van der Waals surface area contributed by atoms with Crippen molar-refractivity contribution in [1.82, 2.24) is 10.3 Å². The van der Waals surface area contributed by atoms with Gasteiger partial charge in [-0.3, -0.25) is 0 Å². The second kappa shape index (κ2) is 6.95. The van der Waals surface area contributed by atoms with Crippen LogP contribution < -0.4 is 10.2 Å². The highest BCUT2D eigenvalue weighted by molar-refractivity contribution is 6.31. The zero-order valence-corrected chi connectivity index (χ0v) is 13.4. The van der Waals surface area contributed by atoms with Gasteiger partial charge in [0, 0.05) is 38.5 Å². The molecule has 1 aliphatic carbocycles. The molecule has 0 amide bonds. The van der Waals surface area contributed by atoms with E-state index in [1.165, 1.54) is 19.3 Å². The standard InChI is InChI=1S/C16H24ClN3O/c1-2-20(11-14-4-3-7-21-14)16-8-12(15(17)10-19-16)9-18-13-5-6-13/h8,10,13-14,18H,2-7,9,11H2,1H3. The summed E-state index contributed by atoms with van der Waals surface area (Å²) in [5.41, 5.74) is 1.14. The molecule has 3 rings (SSSR count). The Morgan fingerprint density at radius 3 is 2.95 bits per heavy atom. The minimum Gasteiger partial charge on any atom is -0.376 e. The summed E-state index contributed by atoms with van der Waals surface area (Å²) in [4.78, 5) is 6.79. The number of hydrogen-bond acceptors (Lipinski definition) is 4. The van der Waals surface area contributed by atoms with Crippen molar-refractivity contribution in [2.24, 2.45) is 0 Å². The first-order valence-electron chi connectivity index (χ1n) is 8.00. The van der Waals surface area contributed by atoms with Crippen LogP contribution >= 0.6 is 11.6 Å². The lowest BCUT2D eigenvalue weighted by atomic mass is 10.2. The molecule has 2 heterocycles. The summed E-state index contributed by atoms with van der Waals surface area (Å²) in [7, 11) is 0. The van der Waals surface area contributed by atoms with Crippen molar-refractivity contribution in [2.45, 2.75) is 51.3 Å². The van der Waals surface area contributed by atoms with Gasteiger partial charge in [0.15, 0.2) is 0 Å². The van der Waals surface area contributed by atoms with E-state index in [2.05, 4.69) is 28.2 Å². The molecule has 1 atom stereocenters. The van der Waals surface area contributed by atoms with E-state index in [1.54, 1.807) is 6.20 Å². The Morgan fingerprint density at radius 1 is 1.43 bits per heavy atom. The molecule has 0 aromatic carbocycles. The first-order chi connectivity index (χ1) is 10.3. The molecule has 2 fully saturated rings. The van der Waals surface area contributed by atoms with E-state index >= 15 is 0 Å². The average Bonchev–Trinajstić information content (AvgIpc) is 3.19. The highest BCUT2D eigenvalue weighted by Gasteiger charge is 2.22. The summed E-state index contributed by atoms with van der Waals surface area (Å²) in [5, 5.41) is 4.27. The summed E-state index contributed by atoms with van der Waals surface area (Å²) in [6.45, 7) is 5.74. The van der Waals surface area contributed by atoms with E-state index < -0.39 is 0 Å². The molecule has 1 aromatic rings. The minimum absolute atomic E-state index is 0.343. The number of ether oxygens (including phenoxy) is 1. The van der Waals surface area contributed by atoms with Gasteiger partial charge < -0.3 is 15.0 Å². The van der Waals surface area contributed by atoms with Crippen molar-refractivity contribution in [3.8, 4) is 0 Å². The Morgan fingerprint density at radius 2 is 2.29 bits per heavy atom. The molecular weight excluding hydrogens is 286 g/mol. The predicted molar refractivity (Wildman–Crippen MR) is 86.0 cm³/mol. The highest BCUT2D eigenvalue weighted by Crippen LogP contribution is 2.24. The number of nitrogens with one attached hydrogen (secondary N) is 1. The van der Waals surface area contributed by atoms with Gasteiger partial charge in [0.25, 0.3) is 0 Å². The molecule has 0 spiro atoms. The third-order valence-corrected chi connectivity index (χ3v) is 4.57. The molecule has 1 saturated heterocycles. The molecule has 21 heavy (non-hydrogen) atoms. The van der Waals surface area contributed by atoms with E-state index in [-0.39, 0.29) is 0 Å². The molecule has 4 nitrogen and oxygen atoms in total. The van der Waals surface area contributed by atoms with Gasteiger partial charge in [-0.15, -0.1) is 0 Å². The second-order valence-corrected chi connectivity index (χ2v) is 6.37. The summed E-state index contributed by atoms with van der Waals surface area (Å²) in [6, 6.07) is 2.81. The zero-order valence-electron chi connectivity index (χ0n) is 12.6. The molecule has 2 aliphatic rings. The molecule has 0 radical (unpaired) electrons. The van der Waals surface area contributed by atoms with Crippen LogP contribution in [0, 0.1) is 0 Å². The molecule has 116 valence electrons. The number of pyridine rings is 1. The van der Waals surface area contributed by atoms with Crippen LogP contribution in [0.5, 0.6) is 0 Å². The van der Waals surface area contributed by atoms with Crippen molar-refractivity contribution in [2.75, 3.05) is 24.6 Å². The number of hydrogen-bond donors (Lipinski definition) is 1. The maximum absolute atomic E-state index is 6.27. The maximum atomic E-state index is 6.27. The van der Waals surface area contributed by atoms with Crippen molar-refractivity contribution < 1.29 is 4.74 Å². The van der Waals surface area contributed by atoms with Gasteiger partial charge in [-0.25, -0.2) is 4.98 Å². The van der Waals surface area contributed by atoms with Crippen LogP contribution in [0.15, 0.2) is 12.3 Å². The van der Waals surface area contributed by atoms with Crippen LogP contribution in [0.1, 0.15) is 38.2 Å². The maximum Gasteiger partial charge on any atom is 0.128 e. The normalized spacial score (nSPS) is 21.7. The fourth-order valence-corrected chi connectivity index (χ4v) is 2.91. The quantitative estimate of drug-likeness (QED) is 0.840. The summed E-state index contributed by atoms with van der Waals surface area (Å²) in [5.74, 6) is 1.00. The summed E-state index contributed by atoms with van der Waals surface area (Å²) in [6.07, 6.45) is 7.02. The summed E-state index contributed by atoms with van der Waals surface area (Å²) >= 11 is 6.27. The molecule has 1 aliphatic heterocycles. The number of aromatic nitrogens is 1. The van der Waals surface area contributed by atoms with Crippen LogP contribution in [-0.4, -0.2) is 36.8 Å². The monoisotopic (exact) mass is 309 g/mol. The van der Waals surface area contributed by atoms with Crippen LogP contribution in [-0.2, 0) is 11.3 Å². The Balaban J connectivity index is 1.67. The van der Waals surface area contributed by atoms with E-state index in [4.69, 9.17) is 16.3 Å². The Kier molecular flexibility index (Phi) is 4.99. The largest absolute Gasteiger partial charge is 0.376 e. The van der Waals surface area contributed by atoms with E-state index in [0.29, 0.717) is 12.1 Å². The lowest BCUT2D eigenvalue weighted by Gasteiger charge is -2.25. The number of rotatable bonds is 7. The van der Waals surface area contributed by atoms with Crippen LogP contribution in [0.3, 0.4) is 0 Å². The van der Waals surface area contributed by atoms with E-state index in [9.17, 15) is 0 Å². The first kappa shape index (κ1) is 15.1. The van der Waals surface area contributed by atoms with E-state index in [0.717, 1.165) is 49.1 Å². The molecule has 5 heteroatoms. The topological polar surface area (TPSA) is 37.4 Å². The minimum atomic E-state index is 0.343. The van der Waals surface area contributed by atoms with Crippen LogP contribution in [0.25, 0.3) is 0 Å². The van der Waals surface area contributed by atoms with E-state index in [1.807, 2.05) is 0 Å². The van der Waals surface area contributed by atoms with Gasteiger partial charge in [0.05, 0.1) is 11.1 Å². The fraction of sp³-hybridized carbons (Fsp3) is 0.688. The van der Waals surface area contributed by atoms with Gasteiger partial charge in [-0.2, -0.15) is 0 Å². The lowest BCUT2D eigenvalue weighted by Crippen LogP contribution is -2.32. The van der Waals surface area contributed by atoms with Gasteiger partial charge >= 0.3 is 0 Å². The zero-order chi connectivity index (χ0) is 14.7. The average molecular weight is 310 g/mol. The Labute approximate surface area is 131 Å². The summed E-state index contributed by atoms with van der Waals surface area (Å²) < 4.78 is 5.74. The number of halogens is 1. The molecule has 1 N–H and O–H groups in total. The molecule has 1 aromatic heterocycles. The fourth-order valence-electron chi connectivity index (χ4n) is 2.74. The SMILES string of the molecule is CCN(CC1CCCO1)c1cc(CNC2CC2)c(Cl)cn1. The third-order valence-electron chi connectivity index (χ3n) is 4.23. The third kappa shape index (κ3) is 4.09. The van der Waals surface area contributed by atoms with Gasteiger partial charge in [-0.1, -0.05) is 11.6 Å². The Bertz CT molecular complexity index is 473. The molecule has 0 bridgehead atoms. The highest BCUT2D eigenvalue weighted by atomic mass is 35.5. The van der Waals surface area contributed by atoms with Crippen LogP contribution in [0.4, 0.5) is 5.82 Å². The van der Waals surface area contributed by atoms with Crippen molar-refractivity contribution in [3.05, 3.63) is 22.8 Å². The number of likely N-dealkylation sites (N-methyl/N-ethyl adjacent to an activating group) is 1. The van der Waals surface area contributed by atoms with Crippen molar-refractivity contribution in [3.63, 3.8) is 0 Å².